The number of aromatic nitrogens is 1. The molecular weight excluding hydrogens is 304 g/mol. The number of carbonyl (C=O) groups excluding carboxylic acids is 1. The number of hydrogen-bond acceptors (Lipinski definition) is 5. The summed E-state index contributed by atoms with van der Waals surface area (Å²) in [4.78, 5) is 14.2. The lowest BCUT2D eigenvalue weighted by molar-refractivity contribution is -0.129. The first-order valence-corrected chi connectivity index (χ1v) is 8.42. The summed E-state index contributed by atoms with van der Waals surface area (Å²) in [5, 5.41) is 0.462. The van der Waals surface area contributed by atoms with Gasteiger partial charge in [-0.25, -0.2) is 8.42 Å². The molecule has 1 aliphatic rings. The Morgan fingerprint density at radius 2 is 2.09 bits per heavy atom. The number of primary amides is 1. The Hall–Kier alpha value is -1.99. The Balaban J connectivity index is 2.28. The van der Waals surface area contributed by atoms with Gasteiger partial charge < -0.3 is 10.5 Å². The van der Waals surface area contributed by atoms with E-state index in [4.69, 9.17) is 10.5 Å². The van der Waals surface area contributed by atoms with E-state index in [2.05, 4.69) is 4.98 Å². The van der Waals surface area contributed by atoms with Crippen LogP contribution >= 0.6 is 0 Å². The summed E-state index contributed by atoms with van der Waals surface area (Å²) < 4.78 is 31.4. The van der Waals surface area contributed by atoms with Crippen molar-refractivity contribution in [1.82, 2.24) is 4.98 Å². The molecule has 0 bridgehead atoms. The summed E-state index contributed by atoms with van der Waals surface area (Å²) in [6, 6.07) is 8.21. The van der Waals surface area contributed by atoms with Gasteiger partial charge in [-0.3, -0.25) is 9.78 Å². The third-order valence-electron chi connectivity index (χ3n) is 3.92. The highest BCUT2D eigenvalue weighted by molar-refractivity contribution is 7.93. The third-order valence-corrected chi connectivity index (χ3v) is 6.24. The van der Waals surface area contributed by atoms with Gasteiger partial charge in [0.05, 0.1) is 10.4 Å². The Labute approximate surface area is 128 Å². The van der Waals surface area contributed by atoms with E-state index < -0.39 is 20.7 Å². The Kier molecular flexibility index (Phi) is 3.41. The van der Waals surface area contributed by atoms with Crippen molar-refractivity contribution in [2.24, 2.45) is 5.73 Å². The smallest absolute Gasteiger partial charge is 0.265 e. The number of rotatable bonds is 3. The van der Waals surface area contributed by atoms with Crippen molar-refractivity contribution in [2.75, 3.05) is 6.61 Å². The second-order valence-electron chi connectivity index (χ2n) is 5.35. The van der Waals surface area contributed by atoms with E-state index in [0.717, 1.165) is 5.69 Å². The molecule has 2 heterocycles. The Morgan fingerprint density at radius 3 is 2.73 bits per heavy atom. The molecule has 2 aromatic rings. The highest BCUT2D eigenvalue weighted by Gasteiger charge is 2.54. The molecule has 0 radical (unpaired) electrons. The summed E-state index contributed by atoms with van der Waals surface area (Å²) in [5.74, 6) is -0.970. The van der Waals surface area contributed by atoms with Crippen molar-refractivity contribution in [3.05, 3.63) is 36.0 Å². The predicted molar refractivity (Wildman–Crippen MR) is 80.8 cm³/mol. The van der Waals surface area contributed by atoms with Crippen LogP contribution in [-0.4, -0.2) is 30.8 Å². The molecule has 1 aromatic heterocycles. The van der Waals surface area contributed by atoms with E-state index in [1.165, 1.54) is 6.07 Å². The maximum atomic E-state index is 13.0. The Bertz CT molecular complexity index is 855. The zero-order valence-electron chi connectivity index (χ0n) is 12.1. The fourth-order valence-corrected chi connectivity index (χ4v) is 4.78. The summed E-state index contributed by atoms with van der Waals surface area (Å²) in [6.45, 7) is 2.02. The second kappa shape index (κ2) is 5.03. The van der Waals surface area contributed by atoms with Crippen molar-refractivity contribution in [1.29, 1.82) is 0 Å². The largest absolute Gasteiger partial charge is 0.366 e. The van der Waals surface area contributed by atoms with E-state index in [1.807, 2.05) is 6.92 Å². The normalized spacial score (nSPS) is 22.0. The topological polar surface area (TPSA) is 99.3 Å². The molecule has 1 aromatic carbocycles. The van der Waals surface area contributed by atoms with Gasteiger partial charge in [0.1, 0.15) is 0 Å². The molecule has 1 aliphatic heterocycles. The summed E-state index contributed by atoms with van der Waals surface area (Å²) >= 11 is 0. The van der Waals surface area contributed by atoms with Gasteiger partial charge in [-0.2, -0.15) is 0 Å². The van der Waals surface area contributed by atoms with E-state index >= 15 is 0 Å². The average molecular weight is 320 g/mol. The molecule has 0 aliphatic carbocycles. The van der Waals surface area contributed by atoms with E-state index in [9.17, 15) is 13.2 Å². The summed E-state index contributed by atoms with van der Waals surface area (Å²) in [7, 11) is -4.08. The molecule has 7 heteroatoms. The van der Waals surface area contributed by atoms with Crippen molar-refractivity contribution in [3.63, 3.8) is 0 Å². The number of fused-ring (bicyclic) bond motifs is 1. The SMILES string of the molecule is Cc1ccc2c(S(=O)(=O)[C@@]3(C(N)=O)CCCO3)cccc2n1. The van der Waals surface area contributed by atoms with Crippen LogP contribution in [0.5, 0.6) is 0 Å². The number of amides is 1. The van der Waals surface area contributed by atoms with Crippen molar-refractivity contribution in [2.45, 2.75) is 29.6 Å². The van der Waals surface area contributed by atoms with Gasteiger partial charge in [-0.05, 0) is 37.6 Å². The minimum absolute atomic E-state index is 0.0261. The Morgan fingerprint density at radius 1 is 1.32 bits per heavy atom. The molecule has 0 unspecified atom stereocenters. The molecule has 0 spiro atoms. The molecule has 3 rings (SSSR count). The quantitative estimate of drug-likeness (QED) is 0.919. The number of sulfone groups is 1. The van der Waals surface area contributed by atoms with Crippen molar-refractivity contribution in [3.8, 4) is 0 Å². The number of pyridine rings is 1. The minimum atomic E-state index is -4.08. The first-order valence-electron chi connectivity index (χ1n) is 6.93. The lowest BCUT2D eigenvalue weighted by Crippen LogP contribution is -2.50. The van der Waals surface area contributed by atoms with E-state index in [1.54, 1.807) is 24.3 Å². The van der Waals surface area contributed by atoms with E-state index in [0.29, 0.717) is 17.3 Å². The van der Waals surface area contributed by atoms with Crippen LogP contribution in [0.1, 0.15) is 18.5 Å². The van der Waals surface area contributed by atoms with Crippen LogP contribution in [0.4, 0.5) is 0 Å². The second-order valence-corrected chi connectivity index (χ2v) is 7.45. The number of nitrogens with two attached hydrogens (primary N) is 1. The van der Waals surface area contributed by atoms with Gasteiger partial charge in [0.15, 0.2) is 0 Å². The molecule has 116 valence electrons. The lowest BCUT2D eigenvalue weighted by atomic mass is 10.2. The number of carbonyl (C=O) groups is 1. The predicted octanol–water partition coefficient (Wildman–Crippen LogP) is 1.31. The van der Waals surface area contributed by atoms with Crippen LogP contribution in [0, 0.1) is 6.92 Å². The van der Waals surface area contributed by atoms with E-state index in [-0.39, 0.29) is 17.9 Å². The average Bonchev–Trinajstić information content (AvgIpc) is 2.97. The molecular formula is C15H16N2O4S. The van der Waals surface area contributed by atoms with Gasteiger partial charge in [-0.15, -0.1) is 0 Å². The van der Waals surface area contributed by atoms with Gasteiger partial charge >= 0.3 is 0 Å². The molecule has 2 N–H and O–H groups in total. The van der Waals surface area contributed by atoms with Crippen LogP contribution in [0.2, 0.25) is 0 Å². The zero-order valence-corrected chi connectivity index (χ0v) is 12.9. The number of benzene rings is 1. The minimum Gasteiger partial charge on any atom is -0.366 e. The number of nitrogens with zero attached hydrogens (tertiary/aromatic N) is 1. The number of ether oxygens (including phenoxy) is 1. The first-order chi connectivity index (χ1) is 10.4. The van der Waals surface area contributed by atoms with Crippen molar-refractivity contribution < 1.29 is 17.9 Å². The standard InChI is InChI=1S/C15H16N2O4S/c1-10-6-7-11-12(17-10)4-2-5-13(11)22(19,20)15(14(16)18)8-3-9-21-15/h2,4-7H,3,8-9H2,1H3,(H2,16,18)/t15-/m1/s1. The molecule has 1 atom stereocenters. The van der Waals surface area contributed by atoms with Crippen LogP contribution in [0.15, 0.2) is 35.2 Å². The number of hydrogen-bond donors (Lipinski definition) is 1. The molecule has 1 fully saturated rings. The number of aryl methyl sites for hydroxylation is 1. The monoisotopic (exact) mass is 320 g/mol. The van der Waals surface area contributed by atoms with Gasteiger partial charge in [0.25, 0.3) is 10.8 Å². The van der Waals surface area contributed by atoms with Crippen LogP contribution in [0.3, 0.4) is 0 Å². The maximum absolute atomic E-state index is 13.0. The summed E-state index contributed by atoms with van der Waals surface area (Å²) in [5.41, 5.74) is 6.70. The maximum Gasteiger partial charge on any atom is 0.265 e. The molecule has 0 saturated carbocycles. The fourth-order valence-electron chi connectivity index (χ4n) is 2.79. The van der Waals surface area contributed by atoms with Gasteiger partial charge in [-0.1, -0.05) is 6.07 Å². The van der Waals surface area contributed by atoms with Crippen LogP contribution in [0.25, 0.3) is 10.9 Å². The van der Waals surface area contributed by atoms with Gasteiger partial charge in [0, 0.05) is 24.1 Å². The highest BCUT2D eigenvalue weighted by Crippen LogP contribution is 2.38. The molecule has 22 heavy (non-hydrogen) atoms. The molecule has 6 nitrogen and oxygen atoms in total. The zero-order chi connectivity index (χ0) is 16.0. The third kappa shape index (κ3) is 2.00. The fraction of sp³-hybridized carbons (Fsp3) is 0.333. The van der Waals surface area contributed by atoms with Crippen LogP contribution in [-0.2, 0) is 19.4 Å². The first kappa shape index (κ1) is 14.9. The van der Waals surface area contributed by atoms with Crippen molar-refractivity contribution >= 4 is 26.6 Å². The van der Waals surface area contributed by atoms with Gasteiger partial charge in [0.2, 0.25) is 9.84 Å². The summed E-state index contributed by atoms with van der Waals surface area (Å²) in [6.07, 6.45) is 0.546. The lowest BCUT2D eigenvalue weighted by Gasteiger charge is -2.25. The highest BCUT2D eigenvalue weighted by atomic mass is 32.2. The van der Waals surface area contributed by atoms with Crippen LogP contribution < -0.4 is 5.73 Å². The molecule has 1 amide bonds. The molecule has 1 saturated heterocycles.